The Morgan fingerprint density at radius 1 is 1.52 bits per heavy atom. The summed E-state index contributed by atoms with van der Waals surface area (Å²) in [5.74, 6) is 0.424. The van der Waals surface area contributed by atoms with Crippen LogP contribution in [0, 0.1) is 5.92 Å². The van der Waals surface area contributed by atoms with Gasteiger partial charge in [0.15, 0.2) is 0 Å². The van der Waals surface area contributed by atoms with Crippen LogP contribution in [0.5, 0.6) is 0 Å². The summed E-state index contributed by atoms with van der Waals surface area (Å²) < 4.78 is 6.98. The van der Waals surface area contributed by atoms with Crippen LogP contribution in [0.15, 0.2) is 35.2 Å². The SMILES string of the molecule is CN(Cc1cnn(C)c1)C(=O)C1CC(=O)N(Cc2ccco2)C1. The molecular formula is C16H20N4O3. The second kappa shape index (κ2) is 6.28. The first kappa shape index (κ1) is 15.3. The number of hydrogen-bond donors (Lipinski definition) is 0. The first-order valence-electron chi connectivity index (χ1n) is 7.55. The fraction of sp³-hybridized carbons (Fsp3) is 0.438. The van der Waals surface area contributed by atoms with E-state index in [4.69, 9.17) is 4.42 Å². The molecule has 0 N–H and O–H groups in total. The standard InChI is InChI=1S/C16H20N4O3/c1-18(8-12-7-17-19(2)9-12)16(22)13-6-15(21)20(10-13)11-14-4-3-5-23-14/h3-5,7,9,13H,6,8,10-11H2,1-2H3. The second-order valence-corrected chi connectivity index (χ2v) is 5.97. The highest BCUT2D eigenvalue weighted by molar-refractivity contribution is 5.89. The van der Waals surface area contributed by atoms with Crippen LogP contribution in [0.1, 0.15) is 17.7 Å². The number of rotatable bonds is 5. The molecule has 1 aliphatic rings. The van der Waals surface area contributed by atoms with Gasteiger partial charge in [-0.25, -0.2) is 0 Å². The molecule has 0 aliphatic carbocycles. The summed E-state index contributed by atoms with van der Waals surface area (Å²) in [7, 11) is 3.60. The van der Waals surface area contributed by atoms with Crippen molar-refractivity contribution in [1.29, 1.82) is 0 Å². The van der Waals surface area contributed by atoms with Gasteiger partial charge in [-0.1, -0.05) is 0 Å². The zero-order chi connectivity index (χ0) is 16.4. The summed E-state index contributed by atoms with van der Waals surface area (Å²) in [5.41, 5.74) is 0.972. The maximum Gasteiger partial charge on any atom is 0.228 e. The highest BCUT2D eigenvalue weighted by Crippen LogP contribution is 2.22. The number of aryl methyl sites for hydroxylation is 1. The molecule has 0 spiro atoms. The number of furan rings is 1. The highest BCUT2D eigenvalue weighted by atomic mass is 16.3. The van der Waals surface area contributed by atoms with Gasteiger partial charge in [-0.2, -0.15) is 5.10 Å². The number of aromatic nitrogens is 2. The summed E-state index contributed by atoms with van der Waals surface area (Å²) in [5, 5.41) is 4.10. The van der Waals surface area contributed by atoms with Gasteiger partial charge in [-0.3, -0.25) is 14.3 Å². The summed E-state index contributed by atoms with van der Waals surface area (Å²) in [6.07, 6.45) is 5.47. The van der Waals surface area contributed by atoms with Crippen molar-refractivity contribution in [3.8, 4) is 0 Å². The Labute approximate surface area is 134 Å². The number of hydrogen-bond acceptors (Lipinski definition) is 4. The third-order valence-corrected chi connectivity index (χ3v) is 4.04. The molecule has 2 amide bonds. The molecule has 2 aromatic heterocycles. The van der Waals surface area contributed by atoms with Gasteiger partial charge in [0.1, 0.15) is 5.76 Å². The molecule has 3 rings (SSSR count). The Hall–Kier alpha value is -2.57. The molecule has 0 bridgehead atoms. The summed E-state index contributed by atoms with van der Waals surface area (Å²) >= 11 is 0. The van der Waals surface area contributed by atoms with E-state index in [2.05, 4.69) is 5.10 Å². The largest absolute Gasteiger partial charge is 0.467 e. The lowest BCUT2D eigenvalue weighted by Gasteiger charge is -2.20. The smallest absolute Gasteiger partial charge is 0.228 e. The summed E-state index contributed by atoms with van der Waals surface area (Å²) in [6.45, 7) is 1.35. The zero-order valence-corrected chi connectivity index (χ0v) is 13.3. The topological polar surface area (TPSA) is 71.6 Å². The molecular weight excluding hydrogens is 296 g/mol. The van der Waals surface area contributed by atoms with Crippen molar-refractivity contribution >= 4 is 11.8 Å². The van der Waals surface area contributed by atoms with Gasteiger partial charge in [0.2, 0.25) is 11.8 Å². The minimum atomic E-state index is -0.292. The Morgan fingerprint density at radius 2 is 2.35 bits per heavy atom. The van der Waals surface area contributed by atoms with Crippen molar-refractivity contribution in [1.82, 2.24) is 19.6 Å². The van der Waals surface area contributed by atoms with Crippen LogP contribution in [0.2, 0.25) is 0 Å². The molecule has 0 radical (unpaired) electrons. The van der Waals surface area contributed by atoms with Crippen LogP contribution in [0.3, 0.4) is 0 Å². The van der Waals surface area contributed by atoms with Crippen molar-refractivity contribution in [2.45, 2.75) is 19.5 Å². The zero-order valence-electron chi connectivity index (χ0n) is 13.3. The fourth-order valence-electron chi connectivity index (χ4n) is 2.90. The lowest BCUT2D eigenvalue weighted by molar-refractivity contribution is -0.135. The Bertz CT molecular complexity index is 692. The molecule has 122 valence electrons. The van der Waals surface area contributed by atoms with Crippen molar-refractivity contribution in [3.63, 3.8) is 0 Å². The molecule has 0 saturated carbocycles. The lowest BCUT2D eigenvalue weighted by Crippen LogP contribution is -2.34. The van der Waals surface area contributed by atoms with Crippen LogP contribution in [-0.4, -0.2) is 45.0 Å². The predicted octanol–water partition coefficient (Wildman–Crippen LogP) is 1.02. The Morgan fingerprint density at radius 3 is 3.00 bits per heavy atom. The van der Waals surface area contributed by atoms with E-state index in [-0.39, 0.29) is 24.2 Å². The molecule has 23 heavy (non-hydrogen) atoms. The summed E-state index contributed by atoms with van der Waals surface area (Å²) in [4.78, 5) is 28.0. The van der Waals surface area contributed by atoms with E-state index in [9.17, 15) is 9.59 Å². The van der Waals surface area contributed by atoms with Crippen molar-refractivity contribution < 1.29 is 14.0 Å². The predicted molar refractivity (Wildman–Crippen MR) is 81.9 cm³/mol. The normalized spacial score (nSPS) is 17.7. The first-order valence-corrected chi connectivity index (χ1v) is 7.55. The molecule has 7 heteroatoms. The monoisotopic (exact) mass is 316 g/mol. The molecule has 1 unspecified atom stereocenters. The van der Waals surface area contributed by atoms with E-state index in [0.717, 1.165) is 11.3 Å². The molecule has 7 nitrogen and oxygen atoms in total. The molecule has 1 saturated heterocycles. The highest BCUT2D eigenvalue weighted by Gasteiger charge is 2.36. The van der Waals surface area contributed by atoms with Gasteiger partial charge in [-0.05, 0) is 12.1 Å². The van der Waals surface area contributed by atoms with Crippen LogP contribution in [0.25, 0.3) is 0 Å². The van der Waals surface area contributed by atoms with Gasteiger partial charge in [0, 0.05) is 45.4 Å². The van der Waals surface area contributed by atoms with Crippen LogP contribution in [-0.2, 0) is 29.7 Å². The third kappa shape index (κ3) is 3.44. The molecule has 0 aromatic carbocycles. The van der Waals surface area contributed by atoms with Gasteiger partial charge in [0.25, 0.3) is 0 Å². The number of amides is 2. The number of carbonyl (C=O) groups is 2. The number of carbonyl (C=O) groups excluding carboxylic acids is 2. The van der Waals surface area contributed by atoms with Crippen molar-refractivity contribution in [3.05, 3.63) is 42.1 Å². The van der Waals surface area contributed by atoms with Crippen molar-refractivity contribution in [2.75, 3.05) is 13.6 Å². The molecule has 2 aromatic rings. The number of likely N-dealkylation sites (tertiary alicyclic amines) is 1. The molecule has 1 fully saturated rings. The average Bonchev–Trinajstić information content (AvgIpc) is 3.23. The fourth-order valence-corrected chi connectivity index (χ4v) is 2.90. The third-order valence-electron chi connectivity index (χ3n) is 4.04. The van der Waals surface area contributed by atoms with E-state index in [1.165, 1.54) is 0 Å². The Kier molecular flexibility index (Phi) is 4.18. The molecule has 1 atom stereocenters. The van der Waals surface area contributed by atoms with Crippen LogP contribution >= 0.6 is 0 Å². The van der Waals surface area contributed by atoms with Gasteiger partial charge in [0.05, 0.1) is 24.9 Å². The first-order chi connectivity index (χ1) is 11.0. The lowest BCUT2D eigenvalue weighted by atomic mass is 10.1. The minimum absolute atomic E-state index is 0.00507. The number of nitrogens with zero attached hydrogens (tertiary/aromatic N) is 4. The minimum Gasteiger partial charge on any atom is -0.467 e. The van der Waals surface area contributed by atoms with E-state index in [0.29, 0.717) is 19.6 Å². The van der Waals surface area contributed by atoms with Crippen LogP contribution in [0.4, 0.5) is 0 Å². The van der Waals surface area contributed by atoms with Crippen LogP contribution < -0.4 is 0 Å². The van der Waals surface area contributed by atoms with Crippen molar-refractivity contribution in [2.24, 2.45) is 13.0 Å². The average molecular weight is 316 g/mol. The van der Waals surface area contributed by atoms with E-state index in [1.807, 2.05) is 19.3 Å². The van der Waals surface area contributed by atoms with E-state index < -0.39 is 0 Å². The van der Waals surface area contributed by atoms with Gasteiger partial charge in [-0.15, -0.1) is 0 Å². The molecule has 1 aliphatic heterocycles. The van der Waals surface area contributed by atoms with E-state index >= 15 is 0 Å². The maximum atomic E-state index is 12.5. The second-order valence-electron chi connectivity index (χ2n) is 5.97. The Balaban J connectivity index is 1.58. The van der Waals surface area contributed by atoms with E-state index in [1.54, 1.807) is 40.1 Å². The summed E-state index contributed by atoms with van der Waals surface area (Å²) in [6, 6.07) is 3.62. The van der Waals surface area contributed by atoms with Gasteiger partial charge >= 0.3 is 0 Å². The maximum absolute atomic E-state index is 12.5. The quantitative estimate of drug-likeness (QED) is 0.826. The van der Waals surface area contributed by atoms with Gasteiger partial charge < -0.3 is 14.2 Å². The molecule has 3 heterocycles.